The predicted molar refractivity (Wildman–Crippen MR) is 73.6 cm³/mol. The number of hydrogen-bond acceptors (Lipinski definition) is 3. The zero-order valence-electron chi connectivity index (χ0n) is 10.3. The van der Waals surface area contributed by atoms with Gasteiger partial charge in [-0.15, -0.1) is 11.8 Å². The molecule has 0 aliphatic heterocycles. The maximum absolute atomic E-state index is 12.0. The van der Waals surface area contributed by atoms with E-state index < -0.39 is 5.97 Å². The lowest BCUT2D eigenvalue weighted by Gasteiger charge is -2.10. The van der Waals surface area contributed by atoms with E-state index in [9.17, 15) is 9.59 Å². The largest absolute Gasteiger partial charge is 0.481 e. The summed E-state index contributed by atoms with van der Waals surface area (Å²) >= 11 is 7.45. The summed E-state index contributed by atoms with van der Waals surface area (Å²) in [6, 6.07) is 5.15. The van der Waals surface area contributed by atoms with Gasteiger partial charge >= 0.3 is 5.97 Å². The van der Waals surface area contributed by atoms with Gasteiger partial charge in [-0.2, -0.15) is 0 Å². The lowest BCUT2D eigenvalue weighted by Crippen LogP contribution is -2.05. The molecule has 0 saturated heterocycles. The first-order valence-electron chi connectivity index (χ1n) is 5.61. The Kier molecular flexibility index (Phi) is 5.69. The molecule has 0 aromatic heterocycles. The Labute approximate surface area is 116 Å². The first kappa shape index (κ1) is 15.1. The average molecular weight is 287 g/mol. The van der Waals surface area contributed by atoms with Crippen molar-refractivity contribution in [2.24, 2.45) is 0 Å². The van der Waals surface area contributed by atoms with E-state index in [4.69, 9.17) is 16.7 Å². The van der Waals surface area contributed by atoms with Crippen molar-refractivity contribution in [3.63, 3.8) is 0 Å². The molecule has 1 rings (SSSR count). The molecule has 5 heteroatoms. The highest BCUT2D eigenvalue weighted by Crippen LogP contribution is 2.29. The van der Waals surface area contributed by atoms with Crippen LogP contribution in [0.3, 0.4) is 0 Å². The van der Waals surface area contributed by atoms with Crippen LogP contribution in [0.4, 0.5) is 0 Å². The molecule has 0 aliphatic rings. The fourth-order valence-corrected chi connectivity index (χ4v) is 2.56. The van der Waals surface area contributed by atoms with Crippen LogP contribution in [0, 0.1) is 0 Å². The topological polar surface area (TPSA) is 54.4 Å². The van der Waals surface area contributed by atoms with E-state index in [-0.39, 0.29) is 18.6 Å². The minimum absolute atomic E-state index is 0.00132. The van der Waals surface area contributed by atoms with Crippen molar-refractivity contribution in [2.75, 3.05) is 0 Å². The van der Waals surface area contributed by atoms with Crippen LogP contribution >= 0.6 is 23.4 Å². The first-order chi connectivity index (χ1) is 8.40. The highest BCUT2D eigenvalue weighted by molar-refractivity contribution is 8.00. The number of hydrogen-bond donors (Lipinski definition) is 1. The van der Waals surface area contributed by atoms with Crippen LogP contribution in [-0.4, -0.2) is 22.1 Å². The third-order valence-electron chi connectivity index (χ3n) is 2.17. The van der Waals surface area contributed by atoms with E-state index in [1.807, 2.05) is 13.8 Å². The SMILES string of the molecule is CC(C)Sc1ccc(Cl)cc1C(=O)CCC(=O)O. The number of Topliss-reactive ketones (excluding diaryl/α,β-unsaturated/α-hetero) is 1. The van der Waals surface area contributed by atoms with Crippen LogP contribution in [0.1, 0.15) is 37.0 Å². The number of ketones is 1. The fourth-order valence-electron chi connectivity index (χ4n) is 1.43. The maximum Gasteiger partial charge on any atom is 0.303 e. The second kappa shape index (κ2) is 6.81. The van der Waals surface area contributed by atoms with Crippen LogP contribution < -0.4 is 0 Å². The van der Waals surface area contributed by atoms with Crippen molar-refractivity contribution in [3.8, 4) is 0 Å². The van der Waals surface area contributed by atoms with Gasteiger partial charge in [-0.05, 0) is 18.2 Å². The molecule has 1 aromatic rings. The van der Waals surface area contributed by atoms with E-state index in [1.54, 1.807) is 30.0 Å². The minimum Gasteiger partial charge on any atom is -0.481 e. The van der Waals surface area contributed by atoms with Crippen molar-refractivity contribution in [2.45, 2.75) is 36.8 Å². The molecule has 1 aromatic carbocycles. The van der Waals surface area contributed by atoms with Crippen LogP contribution in [-0.2, 0) is 4.79 Å². The van der Waals surface area contributed by atoms with Gasteiger partial charge in [0.05, 0.1) is 6.42 Å². The highest BCUT2D eigenvalue weighted by Gasteiger charge is 2.14. The third kappa shape index (κ3) is 4.70. The quantitative estimate of drug-likeness (QED) is 0.637. The van der Waals surface area contributed by atoms with Gasteiger partial charge in [-0.1, -0.05) is 25.4 Å². The molecule has 18 heavy (non-hydrogen) atoms. The van der Waals surface area contributed by atoms with Crippen LogP contribution in [0.25, 0.3) is 0 Å². The number of carbonyl (C=O) groups excluding carboxylic acids is 1. The lowest BCUT2D eigenvalue weighted by molar-refractivity contribution is -0.136. The summed E-state index contributed by atoms with van der Waals surface area (Å²) in [6.07, 6.45) is -0.154. The Balaban J connectivity index is 2.93. The van der Waals surface area contributed by atoms with Crippen LogP contribution in [0.15, 0.2) is 23.1 Å². The molecule has 0 unspecified atom stereocenters. The molecule has 0 spiro atoms. The summed E-state index contributed by atoms with van der Waals surface area (Å²) in [5.41, 5.74) is 0.516. The van der Waals surface area contributed by atoms with E-state index in [0.717, 1.165) is 4.90 Å². The van der Waals surface area contributed by atoms with Gasteiger partial charge in [0.1, 0.15) is 0 Å². The number of benzene rings is 1. The molecule has 0 heterocycles. The van der Waals surface area contributed by atoms with E-state index >= 15 is 0 Å². The van der Waals surface area contributed by atoms with Crippen LogP contribution in [0.2, 0.25) is 5.02 Å². The van der Waals surface area contributed by atoms with Gasteiger partial charge < -0.3 is 5.11 Å². The summed E-state index contributed by atoms with van der Waals surface area (Å²) in [4.78, 5) is 23.3. The minimum atomic E-state index is -0.969. The maximum atomic E-state index is 12.0. The molecule has 98 valence electrons. The van der Waals surface area contributed by atoms with Crippen LogP contribution in [0.5, 0.6) is 0 Å². The molecule has 3 nitrogen and oxygen atoms in total. The average Bonchev–Trinajstić information content (AvgIpc) is 2.27. The standard InChI is InChI=1S/C13H15ClO3S/c1-8(2)18-12-5-3-9(14)7-10(12)11(15)4-6-13(16)17/h3,5,7-8H,4,6H2,1-2H3,(H,16,17). The van der Waals surface area contributed by atoms with Crippen molar-refractivity contribution < 1.29 is 14.7 Å². The van der Waals surface area contributed by atoms with Gasteiger partial charge in [0, 0.05) is 27.2 Å². The normalized spacial score (nSPS) is 10.7. The molecule has 1 N–H and O–H groups in total. The molecule has 0 bridgehead atoms. The smallest absolute Gasteiger partial charge is 0.303 e. The van der Waals surface area contributed by atoms with E-state index in [2.05, 4.69) is 0 Å². The summed E-state index contributed by atoms with van der Waals surface area (Å²) in [5, 5.41) is 9.43. The molecule has 0 radical (unpaired) electrons. The number of carboxylic acids is 1. The van der Waals surface area contributed by atoms with Gasteiger partial charge in [0.25, 0.3) is 0 Å². The molecule has 0 fully saturated rings. The van der Waals surface area contributed by atoms with Gasteiger partial charge in [-0.25, -0.2) is 0 Å². The number of halogens is 1. The Morgan fingerprint density at radius 2 is 2.00 bits per heavy atom. The summed E-state index contributed by atoms with van der Waals surface area (Å²) < 4.78 is 0. The molecular weight excluding hydrogens is 272 g/mol. The summed E-state index contributed by atoms with van der Waals surface area (Å²) in [5.74, 6) is -1.15. The van der Waals surface area contributed by atoms with Crippen molar-refractivity contribution in [3.05, 3.63) is 28.8 Å². The molecule has 0 saturated carbocycles. The number of carboxylic acid groups (broad SMARTS) is 1. The fraction of sp³-hybridized carbons (Fsp3) is 0.385. The zero-order valence-corrected chi connectivity index (χ0v) is 11.8. The van der Waals surface area contributed by atoms with Crippen molar-refractivity contribution in [1.82, 2.24) is 0 Å². The molecule has 0 amide bonds. The number of thioether (sulfide) groups is 1. The number of aliphatic carboxylic acids is 1. The Morgan fingerprint density at radius 1 is 1.33 bits per heavy atom. The third-order valence-corrected chi connectivity index (χ3v) is 3.49. The number of carbonyl (C=O) groups is 2. The van der Waals surface area contributed by atoms with Gasteiger partial charge in [0.2, 0.25) is 0 Å². The highest BCUT2D eigenvalue weighted by atomic mass is 35.5. The van der Waals surface area contributed by atoms with Crippen molar-refractivity contribution in [1.29, 1.82) is 0 Å². The summed E-state index contributed by atoms with van der Waals surface area (Å²) in [6.45, 7) is 4.07. The Morgan fingerprint density at radius 3 is 2.56 bits per heavy atom. The second-order valence-electron chi connectivity index (χ2n) is 4.12. The first-order valence-corrected chi connectivity index (χ1v) is 6.87. The predicted octanol–water partition coefficient (Wildman–Crippen LogP) is 3.89. The molecule has 0 atom stereocenters. The van der Waals surface area contributed by atoms with E-state index in [1.165, 1.54) is 0 Å². The van der Waals surface area contributed by atoms with Gasteiger partial charge in [0.15, 0.2) is 5.78 Å². The monoisotopic (exact) mass is 286 g/mol. The Hall–Kier alpha value is -1.00. The lowest BCUT2D eigenvalue weighted by atomic mass is 10.1. The Bertz CT molecular complexity index is 458. The van der Waals surface area contributed by atoms with Crippen molar-refractivity contribution >= 4 is 35.1 Å². The number of rotatable bonds is 6. The van der Waals surface area contributed by atoms with E-state index in [0.29, 0.717) is 15.8 Å². The second-order valence-corrected chi connectivity index (χ2v) is 6.18. The van der Waals surface area contributed by atoms with Gasteiger partial charge in [-0.3, -0.25) is 9.59 Å². The summed E-state index contributed by atoms with van der Waals surface area (Å²) in [7, 11) is 0. The molecular formula is C13H15ClO3S. The molecule has 0 aliphatic carbocycles. The zero-order chi connectivity index (χ0) is 13.7.